The molecule has 0 aliphatic heterocycles. The average molecular weight is 216 g/mol. The monoisotopic (exact) mass is 216 g/mol. The van der Waals surface area contributed by atoms with Crippen LogP contribution in [0.2, 0.25) is 0 Å². The van der Waals surface area contributed by atoms with Crippen molar-refractivity contribution in [3.05, 3.63) is 52.8 Å². The van der Waals surface area contributed by atoms with Crippen LogP contribution < -0.4 is 5.32 Å². The Hall–Kier alpha value is -2.50. The SMILES string of the molecule is O=[N+]([O-])c1ccc(Nc2ncccn2)cc1. The summed E-state index contributed by atoms with van der Waals surface area (Å²) in [5.41, 5.74) is 0.760. The lowest BCUT2D eigenvalue weighted by Crippen LogP contribution is -1.95. The summed E-state index contributed by atoms with van der Waals surface area (Å²) in [6.45, 7) is 0. The summed E-state index contributed by atoms with van der Waals surface area (Å²) in [5, 5.41) is 13.4. The van der Waals surface area contributed by atoms with E-state index in [1.807, 2.05) is 0 Å². The highest BCUT2D eigenvalue weighted by Crippen LogP contribution is 2.17. The Balaban J connectivity index is 2.14. The molecule has 0 saturated carbocycles. The molecule has 2 aromatic rings. The van der Waals surface area contributed by atoms with Crippen molar-refractivity contribution in [1.29, 1.82) is 0 Å². The second-order valence-corrected chi connectivity index (χ2v) is 3.00. The first-order valence-electron chi connectivity index (χ1n) is 4.54. The number of hydrogen-bond acceptors (Lipinski definition) is 5. The molecule has 6 nitrogen and oxygen atoms in total. The van der Waals surface area contributed by atoms with Crippen LogP contribution >= 0.6 is 0 Å². The molecule has 1 N–H and O–H groups in total. The first kappa shape index (κ1) is 10.0. The Morgan fingerprint density at radius 2 is 1.75 bits per heavy atom. The van der Waals surface area contributed by atoms with Gasteiger partial charge in [-0.1, -0.05) is 0 Å². The van der Waals surface area contributed by atoms with Crippen LogP contribution in [0.25, 0.3) is 0 Å². The van der Waals surface area contributed by atoms with Gasteiger partial charge in [-0.15, -0.1) is 0 Å². The van der Waals surface area contributed by atoms with Crippen LogP contribution in [0.4, 0.5) is 17.3 Å². The highest BCUT2D eigenvalue weighted by molar-refractivity contribution is 5.55. The summed E-state index contributed by atoms with van der Waals surface area (Å²) in [6, 6.07) is 7.76. The summed E-state index contributed by atoms with van der Waals surface area (Å²) < 4.78 is 0. The van der Waals surface area contributed by atoms with Gasteiger partial charge in [-0.3, -0.25) is 10.1 Å². The summed E-state index contributed by atoms with van der Waals surface area (Å²) in [4.78, 5) is 17.9. The normalized spacial score (nSPS) is 9.75. The summed E-state index contributed by atoms with van der Waals surface area (Å²) in [6.07, 6.45) is 3.22. The van der Waals surface area contributed by atoms with Gasteiger partial charge in [0.05, 0.1) is 4.92 Å². The van der Waals surface area contributed by atoms with Gasteiger partial charge in [-0.05, 0) is 18.2 Å². The van der Waals surface area contributed by atoms with E-state index >= 15 is 0 Å². The Kier molecular flexibility index (Phi) is 2.73. The molecule has 0 fully saturated rings. The number of non-ortho nitro benzene ring substituents is 1. The van der Waals surface area contributed by atoms with Crippen LogP contribution in [0.1, 0.15) is 0 Å². The molecule has 0 amide bonds. The first-order valence-corrected chi connectivity index (χ1v) is 4.54. The van der Waals surface area contributed by atoms with Crippen molar-refractivity contribution in [1.82, 2.24) is 9.97 Å². The van der Waals surface area contributed by atoms with E-state index in [1.54, 1.807) is 30.6 Å². The van der Waals surface area contributed by atoms with E-state index in [4.69, 9.17) is 0 Å². The molecule has 0 aliphatic rings. The fourth-order valence-electron chi connectivity index (χ4n) is 1.16. The Morgan fingerprint density at radius 1 is 1.12 bits per heavy atom. The molecule has 16 heavy (non-hydrogen) atoms. The molecule has 1 aromatic carbocycles. The molecule has 1 heterocycles. The van der Waals surface area contributed by atoms with Crippen LogP contribution in [0.15, 0.2) is 42.7 Å². The fourth-order valence-corrected chi connectivity index (χ4v) is 1.16. The zero-order valence-corrected chi connectivity index (χ0v) is 8.20. The highest BCUT2D eigenvalue weighted by atomic mass is 16.6. The Bertz CT molecular complexity index is 484. The Labute approximate surface area is 91.1 Å². The van der Waals surface area contributed by atoms with Gasteiger partial charge in [0.15, 0.2) is 0 Å². The number of benzene rings is 1. The molecule has 0 aliphatic carbocycles. The average Bonchev–Trinajstić information content (AvgIpc) is 2.31. The van der Waals surface area contributed by atoms with E-state index < -0.39 is 4.92 Å². The zero-order valence-electron chi connectivity index (χ0n) is 8.20. The molecule has 2 rings (SSSR count). The lowest BCUT2D eigenvalue weighted by atomic mass is 10.3. The zero-order chi connectivity index (χ0) is 11.4. The van der Waals surface area contributed by atoms with Gasteiger partial charge < -0.3 is 5.32 Å². The van der Waals surface area contributed by atoms with Gasteiger partial charge in [0.25, 0.3) is 5.69 Å². The van der Waals surface area contributed by atoms with Crippen LogP contribution in [0.3, 0.4) is 0 Å². The number of aromatic nitrogens is 2. The molecule has 0 saturated heterocycles. The third-order valence-corrected chi connectivity index (χ3v) is 1.90. The quantitative estimate of drug-likeness (QED) is 0.627. The minimum absolute atomic E-state index is 0.0551. The maximum Gasteiger partial charge on any atom is 0.269 e. The number of anilines is 2. The predicted octanol–water partition coefficient (Wildman–Crippen LogP) is 2.13. The fraction of sp³-hybridized carbons (Fsp3) is 0. The van der Waals surface area contributed by atoms with E-state index in [2.05, 4.69) is 15.3 Å². The molecule has 0 radical (unpaired) electrons. The van der Waals surface area contributed by atoms with E-state index in [9.17, 15) is 10.1 Å². The van der Waals surface area contributed by atoms with Gasteiger partial charge in [-0.25, -0.2) is 9.97 Å². The van der Waals surface area contributed by atoms with Crippen LogP contribution in [0.5, 0.6) is 0 Å². The summed E-state index contributed by atoms with van der Waals surface area (Å²) in [5.74, 6) is 0.455. The van der Waals surface area contributed by atoms with E-state index in [1.165, 1.54) is 12.1 Å². The Morgan fingerprint density at radius 3 is 2.31 bits per heavy atom. The van der Waals surface area contributed by atoms with Crippen molar-refractivity contribution in [3.8, 4) is 0 Å². The molecule has 80 valence electrons. The first-order chi connectivity index (χ1) is 7.75. The maximum absolute atomic E-state index is 10.4. The van der Waals surface area contributed by atoms with Crippen molar-refractivity contribution in [2.45, 2.75) is 0 Å². The molecule has 6 heteroatoms. The molecule has 0 atom stereocenters. The van der Waals surface area contributed by atoms with Crippen molar-refractivity contribution < 1.29 is 4.92 Å². The van der Waals surface area contributed by atoms with Crippen LogP contribution in [0, 0.1) is 10.1 Å². The molecule has 1 aromatic heterocycles. The maximum atomic E-state index is 10.4. The van der Waals surface area contributed by atoms with Gasteiger partial charge >= 0.3 is 0 Å². The number of nitro groups is 1. The summed E-state index contributed by atoms with van der Waals surface area (Å²) >= 11 is 0. The number of nitrogens with zero attached hydrogens (tertiary/aromatic N) is 3. The van der Waals surface area contributed by atoms with E-state index in [0.717, 1.165) is 0 Å². The largest absolute Gasteiger partial charge is 0.324 e. The molecule has 0 spiro atoms. The van der Waals surface area contributed by atoms with Gasteiger partial charge in [-0.2, -0.15) is 0 Å². The minimum atomic E-state index is -0.442. The second kappa shape index (κ2) is 4.35. The van der Waals surface area contributed by atoms with Crippen molar-refractivity contribution in [2.75, 3.05) is 5.32 Å². The van der Waals surface area contributed by atoms with E-state index in [-0.39, 0.29) is 5.69 Å². The minimum Gasteiger partial charge on any atom is -0.324 e. The van der Waals surface area contributed by atoms with Gasteiger partial charge in [0.1, 0.15) is 0 Å². The third-order valence-electron chi connectivity index (χ3n) is 1.90. The number of rotatable bonds is 3. The highest BCUT2D eigenvalue weighted by Gasteiger charge is 2.04. The third kappa shape index (κ3) is 2.30. The van der Waals surface area contributed by atoms with Gasteiger partial charge in [0, 0.05) is 30.2 Å². The lowest BCUT2D eigenvalue weighted by Gasteiger charge is -2.02. The van der Waals surface area contributed by atoms with Gasteiger partial charge in [0.2, 0.25) is 5.95 Å². The summed E-state index contributed by atoms with van der Waals surface area (Å²) in [7, 11) is 0. The van der Waals surface area contributed by atoms with E-state index in [0.29, 0.717) is 11.6 Å². The lowest BCUT2D eigenvalue weighted by molar-refractivity contribution is -0.384. The van der Waals surface area contributed by atoms with Crippen molar-refractivity contribution in [3.63, 3.8) is 0 Å². The molecule has 0 bridgehead atoms. The number of hydrogen-bond donors (Lipinski definition) is 1. The number of nitro benzene ring substituents is 1. The predicted molar refractivity (Wildman–Crippen MR) is 58.4 cm³/mol. The molecular weight excluding hydrogens is 208 g/mol. The van der Waals surface area contributed by atoms with Crippen molar-refractivity contribution in [2.24, 2.45) is 0 Å². The van der Waals surface area contributed by atoms with Crippen LogP contribution in [-0.4, -0.2) is 14.9 Å². The second-order valence-electron chi connectivity index (χ2n) is 3.00. The smallest absolute Gasteiger partial charge is 0.269 e. The van der Waals surface area contributed by atoms with Crippen molar-refractivity contribution >= 4 is 17.3 Å². The standard InChI is InChI=1S/C10H8N4O2/c15-14(16)9-4-2-8(3-5-9)13-10-11-6-1-7-12-10/h1-7H,(H,11,12,13). The number of nitrogens with one attached hydrogen (secondary N) is 1. The molecular formula is C10H8N4O2. The molecule has 0 unspecified atom stereocenters. The van der Waals surface area contributed by atoms with Crippen LogP contribution in [-0.2, 0) is 0 Å². The topological polar surface area (TPSA) is 81.0 Å².